The Morgan fingerprint density at radius 3 is 2.04 bits per heavy atom. The van der Waals surface area contributed by atoms with Gasteiger partial charge in [0.1, 0.15) is 5.75 Å². The third-order valence-corrected chi connectivity index (χ3v) is 4.18. The Kier molecular flexibility index (Phi) is 6.15. The molecule has 2 amide bonds. The molecule has 1 unspecified atom stereocenters. The molecule has 126 valence electrons. The molecule has 1 aliphatic rings. The van der Waals surface area contributed by atoms with E-state index in [4.69, 9.17) is 14.2 Å². The molecule has 1 N–H and O–H groups in total. The zero-order chi connectivity index (χ0) is 16.8. The third kappa shape index (κ3) is 4.31. The molecule has 1 atom stereocenters. The predicted molar refractivity (Wildman–Crippen MR) is 88.6 cm³/mol. The van der Waals surface area contributed by atoms with Crippen molar-refractivity contribution in [3.8, 4) is 17.2 Å². The van der Waals surface area contributed by atoms with E-state index in [-0.39, 0.29) is 11.1 Å². The van der Waals surface area contributed by atoms with Gasteiger partial charge in [-0.25, -0.2) is 0 Å². The molecule has 0 saturated carbocycles. The van der Waals surface area contributed by atoms with Gasteiger partial charge in [0.2, 0.25) is 5.91 Å². The Labute approximate surface area is 139 Å². The van der Waals surface area contributed by atoms with Crippen molar-refractivity contribution in [2.24, 2.45) is 0 Å². The number of ether oxygens (including phenoxy) is 3. The number of carbonyl (C=O) groups is 2. The number of benzene rings is 1. The molecule has 6 nitrogen and oxygen atoms in total. The number of carbonyl (C=O) groups excluding carboxylic acids is 2. The first-order valence-corrected chi connectivity index (χ1v) is 8.53. The minimum absolute atomic E-state index is 0.269. The van der Waals surface area contributed by atoms with Gasteiger partial charge >= 0.3 is 0 Å². The van der Waals surface area contributed by atoms with E-state index in [1.807, 2.05) is 26.8 Å². The van der Waals surface area contributed by atoms with Crippen LogP contribution in [0.5, 0.6) is 17.2 Å². The first-order chi connectivity index (χ1) is 11.1. The molecule has 1 aliphatic heterocycles. The summed E-state index contributed by atoms with van der Waals surface area (Å²) in [7, 11) is 0. The van der Waals surface area contributed by atoms with E-state index in [0.717, 1.165) is 17.3 Å². The molecule has 0 bridgehead atoms. The lowest BCUT2D eigenvalue weighted by molar-refractivity contribution is -0.118. The van der Waals surface area contributed by atoms with E-state index in [0.29, 0.717) is 43.5 Å². The van der Waals surface area contributed by atoms with Crippen LogP contribution in [0.25, 0.3) is 0 Å². The molecule has 2 rings (SSSR count). The van der Waals surface area contributed by atoms with Gasteiger partial charge in [0.15, 0.2) is 11.5 Å². The summed E-state index contributed by atoms with van der Waals surface area (Å²) in [6.07, 6.45) is 0.393. The van der Waals surface area contributed by atoms with Crippen molar-refractivity contribution in [3.05, 3.63) is 17.7 Å². The van der Waals surface area contributed by atoms with Crippen molar-refractivity contribution in [1.29, 1.82) is 0 Å². The third-order valence-electron chi connectivity index (χ3n) is 3.20. The highest BCUT2D eigenvalue weighted by atomic mass is 32.2. The fraction of sp³-hybridized carbons (Fsp3) is 0.500. The maximum atomic E-state index is 11.8. The summed E-state index contributed by atoms with van der Waals surface area (Å²) in [4.78, 5) is 23.1. The molecular formula is C16H21NO5S. The van der Waals surface area contributed by atoms with Gasteiger partial charge in [-0.2, -0.15) is 0 Å². The molecule has 0 aromatic heterocycles. The predicted octanol–water partition coefficient (Wildman–Crippen LogP) is 2.78. The van der Waals surface area contributed by atoms with Gasteiger partial charge in [0.05, 0.1) is 25.1 Å². The van der Waals surface area contributed by atoms with Crippen LogP contribution in [0.4, 0.5) is 4.79 Å². The van der Waals surface area contributed by atoms with Crippen LogP contribution in [-0.2, 0) is 11.2 Å². The van der Waals surface area contributed by atoms with Gasteiger partial charge in [-0.05, 0) is 38.8 Å². The maximum Gasteiger partial charge on any atom is 0.286 e. The Morgan fingerprint density at radius 1 is 0.957 bits per heavy atom. The van der Waals surface area contributed by atoms with Gasteiger partial charge < -0.3 is 14.2 Å². The van der Waals surface area contributed by atoms with E-state index in [2.05, 4.69) is 5.32 Å². The molecule has 1 saturated heterocycles. The second-order valence-electron chi connectivity index (χ2n) is 4.79. The van der Waals surface area contributed by atoms with Gasteiger partial charge in [0, 0.05) is 6.07 Å². The first kappa shape index (κ1) is 17.5. The first-order valence-electron chi connectivity index (χ1n) is 7.65. The normalized spacial score (nSPS) is 17.1. The maximum absolute atomic E-state index is 11.8. The number of hydrogen-bond acceptors (Lipinski definition) is 6. The average Bonchev–Trinajstić information content (AvgIpc) is 2.82. The fourth-order valence-corrected chi connectivity index (χ4v) is 3.14. The zero-order valence-electron chi connectivity index (χ0n) is 13.5. The van der Waals surface area contributed by atoms with Gasteiger partial charge in [0.25, 0.3) is 5.24 Å². The lowest BCUT2D eigenvalue weighted by atomic mass is 10.1. The van der Waals surface area contributed by atoms with Crippen LogP contribution in [0.15, 0.2) is 12.1 Å². The number of imide groups is 1. The van der Waals surface area contributed by atoms with Crippen LogP contribution in [0.3, 0.4) is 0 Å². The van der Waals surface area contributed by atoms with Gasteiger partial charge in [-0.15, -0.1) is 0 Å². The standard InChI is InChI=1S/C16H21NO5S/c1-4-20-11-9-13(22-6-3)12(21-5-2)7-10(11)8-14-15(18)17-16(19)23-14/h7,9,14H,4-6,8H2,1-3H3,(H,17,18,19). The summed E-state index contributed by atoms with van der Waals surface area (Å²) in [5, 5.41) is 1.54. The van der Waals surface area contributed by atoms with Crippen molar-refractivity contribution in [3.63, 3.8) is 0 Å². The second-order valence-corrected chi connectivity index (χ2v) is 5.97. The van der Waals surface area contributed by atoms with Crippen molar-refractivity contribution in [2.75, 3.05) is 19.8 Å². The van der Waals surface area contributed by atoms with Crippen molar-refractivity contribution < 1.29 is 23.8 Å². The summed E-state index contributed by atoms with van der Waals surface area (Å²) in [6.45, 7) is 7.20. The van der Waals surface area contributed by atoms with E-state index in [1.165, 1.54) is 0 Å². The quantitative estimate of drug-likeness (QED) is 0.785. The molecule has 0 aliphatic carbocycles. The summed E-state index contributed by atoms with van der Waals surface area (Å²) < 4.78 is 16.9. The van der Waals surface area contributed by atoms with Crippen LogP contribution in [0, 0.1) is 0 Å². The van der Waals surface area contributed by atoms with Crippen LogP contribution >= 0.6 is 11.8 Å². The topological polar surface area (TPSA) is 73.9 Å². The lowest BCUT2D eigenvalue weighted by Gasteiger charge is -2.17. The fourth-order valence-electron chi connectivity index (χ4n) is 2.30. The van der Waals surface area contributed by atoms with Crippen LogP contribution in [0.2, 0.25) is 0 Å². The van der Waals surface area contributed by atoms with Gasteiger partial charge in [-0.1, -0.05) is 11.8 Å². The largest absolute Gasteiger partial charge is 0.493 e. The van der Waals surface area contributed by atoms with Crippen LogP contribution in [0.1, 0.15) is 26.3 Å². The summed E-state index contributed by atoms with van der Waals surface area (Å²) in [5.74, 6) is 1.60. The summed E-state index contributed by atoms with van der Waals surface area (Å²) >= 11 is 1.00. The Bertz CT molecular complexity index is 590. The minimum Gasteiger partial charge on any atom is -0.493 e. The van der Waals surface area contributed by atoms with E-state index in [9.17, 15) is 9.59 Å². The molecule has 23 heavy (non-hydrogen) atoms. The Morgan fingerprint density at radius 2 is 1.52 bits per heavy atom. The van der Waals surface area contributed by atoms with E-state index >= 15 is 0 Å². The molecule has 1 heterocycles. The summed E-state index contributed by atoms with van der Waals surface area (Å²) in [5.41, 5.74) is 0.820. The van der Waals surface area contributed by atoms with Crippen molar-refractivity contribution in [2.45, 2.75) is 32.4 Å². The smallest absolute Gasteiger partial charge is 0.286 e. The number of thioether (sulfide) groups is 1. The highest BCUT2D eigenvalue weighted by Gasteiger charge is 2.32. The molecular weight excluding hydrogens is 318 g/mol. The SMILES string of the molecule is CCOc1cc(OCC)c(OCC)cc1CC1SC(=O)NC1=O. The van der Waals surface area contributed by atoms with Crippen LogP contribution in [-0.4, -0.2) is 36.2 Å². The highest BCUT2D eigenvalue weighted by Crippen LogP contribution is 2.37. The van der Waals surface area contributed by atoms with Crippen LogP contribution < -0.4 is 19.5 Å². The highest BCUT2D eigenvalue weighted by molar-refractivity contribution is 8.15. The Hall–Kier alpha value is -1.89. The Balaban J connectivity index is 2.33. The minimum atomic E-state index is -0.450. The molecule has 1 aromatic carbocycles. The zero-order valence-corrected chi connectivity index (χ0v) is 14.3. The second kappa shape index (κ2) is 8.10. The van der Waals surface area contributed by atoms with Crippen molar-refractivity contribution in [1.82, 2.24) is 5.32 Å². The number of rotatable bonds is 8. The molecule has 1 aromatic rings. The van der Waals surface area contributed by atoms with Crippen molar-refractivity contribution >= 4 is 22.9 Å². The monoisotopic (exact) mass is 339 g/mol. The molecule has 7 heteroatoms. The number of amides is 2. The van der Waals surface area contributed by atoms with Gasteiger partial charge in [-0.3, -0.25) is 14.9 Å². The number of hydrogen-bond donors (Lipinski definition) is 1. The van der Waals surface area contributed by atoms with E-state index < -0.39 is 5.25 Å². The molecule has 0 spiro atoms. The summed E-state index contributed by atoms with van der Waals surface area (Å²) in [6, 6.07) is 3.61. The van der Waals surface area contributed by atoms with E-state index in [1.54, 1.807) is 6.07 Å². The lowest BCUT2D eigenvalue weighted by Crippen LogP contribution is -2.25. The molecule has 0 radical (unpaired) electrons. The average molecular weight is 339 g/mol. The number of nitrogens with one attached hydrogen (secondary N) is 1. The molecule has 1 fully saturated rings.